The van der Waals surface area contributed by atoms with Crippen LogP contribution in [-0.2, 0) is 4.79 Å². The van der Waals surface area contributed by atoms with Crippen molar-refractivity contribution in [3.05, 3.63) is 23.8 Å². The van der Waals surface area contributed by atoms with E-state index in [1.54, 1.807) is 0 Å². The Morgan fingerprint density at radius 2 is 2.00 bits per heavy atom. The molecule has 19 heavy (non-hydrogen) atoms. The molecule has 1 heterocycles. The van der Waals surface area contributed by atoms with E-state index in [9.17, 15) is 4.79 Å². The lowest BCUT2D eigenvalue weighted by Gasteiger charge is -2.31. The normalized spacial score (nSPS) is 18.0. The van der Waals surface area contributed by atoms with Gasteiger partial charge in [0.2, 0.25) is 5.91 Å². The van der Waals surface area contributed by atoms with Gasteiger partial charge in [-0.3, -0.25) is 9.69 Å². The highest BCUT2D eigenvalue weighted by Crippen LogP contribution is 2.21. The third-order valence-corrected chi connectivity index (χ3v) is 3.95. The lowest BCUT2D eigenvalue weighted by molar-refractivity contribution is -0.121. The van der Waals surface area contributed by atoms with Crippen molar-refractivity contribution in [1.29, 1.82) is 0 Å². The average Bonchev–Trinajstić information content (AvgIpc) is 2.44. The Balaban J connectivity index is 2.01. The number of piperidine rings is 1. The molecule has 4 heteroatoms. The van der Waals surface area contributed by atoms with Crippen LogP contribution in [0.3, 0.4) is 0 Å². The smallest absolute Gasteiger partial charge is 0.241 e. The van der Waals surface area contributed by atoms with Crippen LogP contribution in [-0.4, -0.2) is 29.9 Å². The average molecular weight is 261 g/mol. The van der Waals surface area contributed by atoms with Gasteiger partial charge >= 0.3 is 0 Å². The highest BCUT2D eigenvalue weighted by molar-refractivity contribution is 5.95. The second-order valence-corrected chi connectivity index (χ2v) is 5.28. The van der Waals surface area contributed by atoms with Crippen molar-refractivity contribution in [2.24, 2.45) is 0 Å². The summed E-state index contributed by atoms with van der Waals surface area (Å²) in [6.45, 7) is 5.94. The molecule has 1 unspecified atom stereocenters. The van der Waals surface area contributed by atoms with Crippen LogP contribution < -0.4 is 11.1 Å². The Kier molecular flexibility index (Phi) is 4.43. The van der Waals surface area contributed by atoms with E-state index in [-0.39, 0.29) is 11.9 Å². The highest BCUT2D eigenvalue weighted by Gasteiger charge is 2.23. The number of carbonyl (C=O) groups is 1. The number of hydrogen-bond acceptors (Lipinski definition) is 3. The topological polar surface area (TPSA) is 58.4 Å². The van der Waals surface area contributed by atoms with Crippen molar-refractivity contribution >= 4 is 17.3 Å². The first-order valence-corrected chi connectivity index (χ1v) is 6.99. The fourth-order valence-corrected chi connectivity index (χ4v) is 2.50. The predicted molar refractivity (Wildman–Crippen MR) is 79.1 cm³/mol. The molecule has 104 valence electrons. The molecule has 0 aromatic heterocycles. The van der Waals surface area contributed by atoms with Crippen molar-refractivity contribution in [1.82, 2.24) is 4.90 Å². The van der Waals surface area contributed by atoms with E-state index in [0.29, 0.717) is 5.69 Å². The number of benzene rings is 1. The maximum Gasteiger partial charge on any atom is 0.241 e. The maximum absolute atomic E-state index is 12.3. The van der Waals surface area contributed by atoms with Gasteiger partial charge in [-0.15, -0.1) is 0 Å². The van der Waals surface area contributed by atoms with Crippen molar-refractivity contribution in [2.75, 3.05) is 24.1 Å². The van der Waals surface area contributed by atoms with Gasteiger partial charge in [-0.1, -0.05) is 12.5 Å². The lowest BCUT2D eigenvalue weighted by Crippen LogP contribution is -2.44. The highest BCUT2D eigenvalue weighted by atomic mass is 16.2. The molecule has 0 saturated carbocycles. The van der Waals surface area contributed by atoms with Crippen LogP contribution in [0.1, 0.15) is 31.7 Å². The standard InChI is InChI=1S/C15H23N3O/c1-11-13(16)7-6-8-14(11)17-15(19)12(2)18-9-4-3-5-10-18/h6-8,12H,3-5,9-10,16H2,1-2H3,(H,17,19). The van der Waals surface area contributed by atoms with Crippen LogP contribution >= 0.6 is 0 Å². The summed E-state index contributed by atoms with van der Waals surface area (Å²) in [7, 11) is 0. The number of nitrogens with one attached hydrogen (secondary N) is 1. The Morgan fingerprint density at radius 1 is 1.32 bits per heavy atom. The Hall–Kier alpha value is -1.55. The van der Waals surface area contributed by atoms with Gasteiger partial charge in [0.05, 0.1) is 6.04 Å². The molecule has 1 aromatic carbocycles. The first kappa shape index (κ1) is 13.9. The van der Waals surface area contributed by atoms with Crippen LogP contribution in [0.25, 0.3) is 0 Å². The van der Waals surface area contributed by atoms with E-state index < -0.39 is 0 Å². The fraction of sp³-hybridized carbons (Fsp3) is 0.533. The van der Waals surface area contributed by atoms with E-state index in [4.69, 9.17) is 5.73 Å². The van der Waals surface area contributed by atoms with Crippen molar-refractivity contribution in [2.45, 2.75) is 39.2 Å². The molecule has 1 aromatic rings. The largest absolute Gasteiger partial charge is 0.398 e. The maximum atomic E-state index is 12.3. The van der Waals surface area contributed by atoms with Gasteiger partial charge in [-0.05, 0) is 57.5 Å². The number of carbonyl (C=O) groups excluding carboxylic acids is 1. The minimum Gasteiger partial charge on any atom is -0.398 e. The molecule has 3 N–H and O–H groups in total. The van der Waals surface area contributed by atoms with Crippen molar-refractivity contribution in [3.8, 4) is 0 Å². The molecule has 1 atom stereocenters. The molecule has 1 saturated heterocycles. The minimum atomic E-state index is -0.0823. The zero-order valence-electron chi connectivity index (χ0n) is 11.8. The number of hydrogen-bond donors (Lipinski definition) is 2. The zero-order valence-corrected chi connectivity index (χ0v) is 11.8. The Labute approximate surface area is 115 Å². The van der Waals surface area contributed by atoms with Crippen molar-refractivity contribution in [3.63, 3.8) is 0 Å². The predicted octanol–water partition coefficient (Wildman–Crippen LogP) is 2.39. The van der Waals surface area contributed by atoms with Crippen LogP contribution in [0.5, 0.6) is 0 Å². The summed E-state index contributed by atoms with van der Waals surface area (Å²) in [5, 5.41) is 2.99. The molecular formula is C15H23N3O. The zero-order chi connectivity index (χ0) is 13.8. The summed E-state index contributed by atoms with van der Waals surface area (Å²) >= 11 is 0. The van der Waals surface area contributed by atoms with Gasteiger partial charge in [0.1, 0.15) is 0 Å². The Morgan fingerprint density at radius 3 is 2.68 bits per heavy atom. The van der Waals surface area contributed by atoms with E-state index in [2.05, 4.69) is 10.2 Å². The van der Waals surface area contributed by atoms with Gasteiger partial charge in [-0.2, -0.15) is 0 Å². The van der Waals surface area contributed by atoms with Crippen molar-refractivity contribution < 1.29 is 4.79 Å². The number of likely N-dealkylation sites (tertiary alicyclic amines) is 1. The van der Waals surface area contributed by atoms with E-state index >= 15 is 0 Å². The first-order chi connectivity index (χ1) is 9.09. The number of nitrogens with zero attached hydrogens (tertiary/aromatic N) is 1. The van der Waals surface area contributed by atoms with Gasteiger partial charge in [0, 0.05) is 11.4 Å². The molecular weight excluding hydrogens is 238 g/mol. The van der Waals surface area contributed by atoms with Crippen LogP contribution in [0, 0.1) is 6.92 Å². The number of rotatable bonds is 3. The Bertz CT molecular complexity index is 453. The van der Waals surface area contributed by atoms with Gasteiger partial charge in [0.15, 0.2) is 0 Å². The van der Waals surface area contributed by atoms with E-state index in [1.807, 2.05) is 32.0 Å². The number of anilines is 2. The summed E-state index contributed by atoms with van der Waals surface area (Å²) in [4.78, 5) is 14.5. The summed E-state index contributed by atoms with van der Waals surface area (Å²) in [5.74, 6) is 0.0515. The molecule has 2 rings (SSSR count). The minimum absolute atomic E-state index is 0.0515. The van der Waals surface area contributed by atoms with E-state index in [0.717, 1.165) is 24.3 Å². The van der Waals surface area contributed by atoms with E-state index in [1.165, 1.54) is 19.3 Å². The molecule has 1 aliphatic rings. The van der Waals surface area contributed by atoms with Gasteiger partial charge in [-0.25, -0.2) is 0 Å². The number of nitrogens with two attached hydrogens (primary N) is 1. The SMILES string of the molecule is Cc1c(N)cccc1NC(=O)C(C)N1CCCCC1. The molecule has 1 aliphatic heterocycles. The lowest BCUT2D eigenvalue weighted by atomic mass is 10.1. The second kappa shape index (κ2) is 6.06. The van der Waals surface area contributed by atoms with Crippen LogP contribution in [0.15, 0.2) is 18.2 Å². The third-order valence-electron chi connectivity index (χ3n) is 3.95. The van der Waals surface area contributed by atoms with Crippen LogP contribution in [0.4, 0.5) is 11.4 Å². The van der Waals surface area contributed by atoms with Gasteiger partial charge < -0.3 is 11.1 Å². The summed E-state index contributed by atoms with van der Waals surface area (Å²) in [6.07, 6.45) is 3.66. The molecule has 0 radical (unpaired) electrons. The molecule has 0 aliphatic carbocycles. The number of nitrogen functional groups attached to an aromatic ring is 1. The summed E-state index contributed by atoms with van der Waals surface area (Å²) in [5.41, 5.74) is 8.31. The summed E-state index contributed by atoms with van der Waals surface area (Å²) < 4.78 is 0. The monoisotopic (exact) mass is 261 g/mol. The van der Waals surface area contributed by atoms with Crippen LogP contribution in [0.2, 0.25) is 0 Å². The fourth-order valence-electron chi connectivity index (χ4n) is 2.50. The molecule has 1 amide bonds. The summed E-state index contributed by atoms with van der Waals surface area (Å²) in [6, 6.07) is 5.52. The molecule has 0 bridgehead atoms. The van der Waals surface area contributed by atoms with Gasteiger partial charge in [0.25, 0.3) is 0 Å². The third kappa shape index (κ3) is 3.26. The molecule has 4 nitrogen and oxygen atoms in total. The first-order valence-electron chi connectivity index (χ1n) is 6.99. The number of amides is 1. The second-order valence-electron chi connectivity index (χ2n) is 5.28. The quantitative estimate of drug-likeness (QED) is 0.821. The molecule has 0 spiro atoms. The molecule has 1 fully saturated rings.